The number of nitrogens with one attached hydrogen (secondary N) is 1. The number of amides is 2. The van der Waals surface area contributed by atoms with Gasteiger partial charge >= 0.3 is 0 Å². The Hall–Kier alpha value is -1.43. The molecule has 0 aromatic rings. The molecule has 6 heteroatoms. The normalized spacial score (nSPS) is 11.7. The lowest BCUT2D eigenvalue weighted by molar-refractivity contribution is -0.131. The molecule has 0 aromatic heterocycles. The molecule has 0 rings (SSSR count). The fourth-order valence-corrected chi connectivity index (χ4v) is 0.353. The largest absolute Gasteiger partial charge is 0.368 e. The number of nitrogens with two attached hydrogens (primary N) is 2. The Morgan fingerprint density at radius 2 is 2.09 bits per heavy atom. The van der Waals surface area contributed by atoms with Gasteiger partial charge in [0, 0.05) is 6.54 Å². The maximum absolute atomic E-state index is 10.3. The van der Waals surface area contributed by atoms with Crippen molar-refractivity contribution in [2.75, 3.05) is 6.54 Å². The van der Waals surface area contributed by atoms with Crippen molar-refractivity contribution in [2.24, 2.45) is 11.5 Å². The molecule has 0 aliphatic carbocycles. The Labute approximate surface area is 62.9 Å². The van der Waals surface area contributed by atoms with Crippen LogP contribution in [0.25, 0.3) is 0 Å². The molecule has 1 atom stereocenters. The average Bonchev–Trinajstić information content (AvgIpc) is 1.99. The third kappa shape index (κ3) is 4.04. The van der Waals surface area contributed by atoms with E-state index in [1.165, 1.54) is 0 Å². The molecule has 0 fully saturated rings. The van der Waals surface area contributed by atoms with Crippen molar-refractivity contribution >= 4 is 18.1 Å². The van der Waals surface area contributed by atoms with Crippen LogP contribution in [0.5, 0.6) is 0 Å². The Kier molecular flexibility index (Phi) is 3.82. The fourth-order valence-electron chi connectivity index (χ4n) is 0.353. The first-order valence-corrected chi connectivity index (χ1v) is 2.86. The van der Waals surface area contributed by atoms with Crippen molar-refractivity contribution < 1.29 is 14.4 Å². The number of primary amides is 1. The van der Waals surface area contributed by atoms with Crippen LogP contribution in [-0.4, -0.2) is 30.7 Å². The number of hydrogen-bond acceptors (Lipinski definition) is 4. The van der Waals surface area contributed by atoms with Crippen molar-refractivity contribution in [3.8, 4) is 0 Å². The molecule has 0 bridgehead atoms. The first-order valence-electron chi connectivity index (χ1n) is 2.86. The molecule has 0 heterocycles. The molecule has 0 spiro atoms. The molecule has 0 aliphatic heterocycles. The smallest absolute Gasteiger partial charge is 0.284 e. The third-order valence-corrected chi connectivity index (χ3v) is 0.969. The van der Waals surface area contributed by atoms with Gasteiger partial charge in [0.25, 0.3) is 5.91 Å². The quantitative estimate of drug-likeness (QED) is 0.301. The van der Waals surface area contributed by atoms with Crippen LogP contribution >= 0.6 is 0 Å². The fraction of sp³-hybridized carbons (Fsp3) is 0.400. The van der Waals surface area contributed by atoms with E-state index < -0.39 is 17.9 Å². The van der Waals surface area contributed by atoms with E-state index in [1.807, 2.05) is 0 Å². The Balaban J connectivity index is 3.62. The van der Waals surface area contributed by atoms with Gasteiger partial charge in [-0.15, -0.1) is 0 Å². The Morgan fingerprint density at radius 1 is 1.55 bits per heavy atom. The predicted octanol–water partition coefficient (Wildman–Crippen LogP) is -2.89. The highest BCUT2D eigenvalue weighted by Crippen LogP contribution is 1.71. The molecule has 62 valence electrons. The van der Waals surface area contributed by atoms with Gasteiger partial charge in [-0.25, -0.2) is 0 Å². The predicted molar refractivity (Wildman–Crippen MR) is 36.2 cm³/mol. The lowest BCUT2D eigenvalue weighted by Gasteiger charge is -2.05. The maximum atomic E-state index is 10.3. The highest BCUT2D eigenvalue weighted by Gasteiger charge is 2.09. The molecule has 0 saturated carbocycles. The second kappa shape index (κ2) is 4.40. The van der Waals surface area contributed by atoms with Crippen LogP contribution in [-0.2, 0) is 14.4 Å². The van der Waals surface area contributed by atoms with E-state index in [2.05, 4.69) is 5.32 Å². The third-order valence-electron chi connectivity index (χ3n) is 0.969. The molecule has 0 aliphatic rings. The second-order valence-electron chi connectivity index (χ2n) is 1.87. The van der Waals surface area contributed by atoms with Crippen molar-refractivity contribution in [3.05, 3.63) is 0 Å². The molecule has 0 aromatic carbocycles. The summed E-state index contributed by atoms with van der Waals surface area (Å²) in [5, 5.41) is 2.08. The van der Waals surface area contributed by atoms with Crippen LogP contribution in [0, 0.1) is 0 Å². The standard InChI is InChI=1S/C5H9N3O3/c6-3(5(7)11)1-8-4(10)2-9/h2-3H,1,6H2,(H2,7,11)(H,8,10)/t3-/m0/s1. The Morgan fingerprint density at radius 3 is 2.45 bits per heavy atom. The molecule has 11 heavy (non-hydrogen) atoms. The first kappa shape index (κ1) is 9.57. The number of carbonyl (C=O) groups is 3. The van der Waals surface area contributed by atoms with E-state index in [-0.39, 0.29) is 12.8 Å². The molecule has 0 saturated heterocycles. The number of hydrogen-bond donors (Lipinski definition) is 3. The highest BCUT2D eigenvalue weighted by molar-refractivity contribution is 6.23. The van der Waals surface area contributed by atoms with Gasteiger partial charge in [0.2, 0.25) is 12.2 Å². The number of rotatable bonds is 4. The minimum absolute atomic E-state index is 0.0910. The van der Waals surface area contributed by atoms with Crippen molar-refractivity contribution in [3.63, 3.8) is 0 Å². The topological polar surface area (TPSA) is 115 Å². The molecule has 2 amide bonds. The van der Waals surface area contributed by atoms with Gasteiger partial charge < -0.3 is 16.8 Å². The summed E-state index contributed by atoms with van der Waals surface area (Å²) in [7, 11) is 0. The second-order valence-corrected chi connectivity index (χ2v) is 1.87. The summed E-state index contributed by atoms with van der Waals surface area (Å²) in [6, 6.07) is -0.945. The van der Waals surface area contributed by atoms with Gasteiger partial charge in [-0.05, 0) is 0 Å². The lowest BCUT2D eigenvalue weighted by Crippen LogP contribution is -2.46. The molecule has 0 radical (unpaired) electrons. The van der Waals surface area contributed by atoms with E-state index in [0.717, 1.165) is 0 Å². The summed E-state index contributed by atoms with van der Waals surface area (Å²) in [4.78, 5) is 30.2. The van der Waals surface area contributed by atoms with Crippen LogP contribution < -0.4 is 16.8 Å². The van der Waals surface area contributed by atoms with Gasteiger partial charge in [-0.3, -0.25) is 14.4 Å². The number of carbonyl (C=O) groups excluding carboxylic acids is 3. The van der Waals surface area contributed by atoms with Gasteiger partial charge in [-0.2, -0.15) is 0 Å². The molecule has 5 N–H and O–H groups in total. The Bertz CT molecular complexity index is 180. The minimum atomic E-state index is -0.945. The highest BCUT2D eigenvalue weighted by atomic mass is 16.2. The molecule has 0 unspecified atom stereocenters. The van der Waals surface area contributed by atoms with Gasteiger partial charge in [0.15, 0.2) is 0 Å². The van der Waals surface area contributed by atoms with Crippen molar-refractivity contribution in [2.45, 2.75) is 6.04 Å². The van der Waals surface area contributed by atoms with Gasteiger partial charge in [0.1, 0.15) is 6.04 Å². The summed E-state index contributed by atoms with van der Waals surface area (Å²) in [5.74, 6) is -1.54. The van der Waals surface area contributed by atoms with Crippen LogP contribution in [0.15, 0.2) is 0 Å². The summed E-state index contributed by atoms with van der Waals surface area (Å²) in [6.45, 7) is -0.118. The SMILES string of the molecule is NC(=O)[C@@H](N)CNC(=O)C=O. The van der Waals surface area contributed by atoms with E-state index in [0.29, 0.717) is 0 Å². The monoisotopic (exact) mass is 159 g/mol. The summed E-state index contributed by atoms with van der Waals surface area (Å²) in [6.07, 6.45) is 0.0910. The van der Waals surface area contributed by atoms with Crippen molar-refractivity contribution in [1.29, 1.82) is 0 Å². The van der Waals surface area contributed by atoms with Crippen LogP contribution in [0.1, 0.15) is 0 Å². The van der Waals surface area contributed by atoms with E-state index in [9.17, 15) is 14.4 Å². The summed E-state index contributed by atoms with van der Waals surface area (Å²) < 4.78 is 0. The molecular formula is C5H9N3O3. The van der Waals surface area contributed by atoms with E-state index in [4.69, 9.17) is 11.5 Å². The van der Waals surface area contributed by atoms with Crippen LogP contribution in [0.2, 0.25) is 0 Å². The zero-order chi connectivity index (χ0) is 8.85. The number of aldehydes is 1. The summed E-state index contributed by atoms with van der Waals surface area (Å²) in [5.41, 5.74) is 9.87. The van der Waals surface area contributed by atoms with E-state index in [1.54, 1.807) is 0 Å². The zero-order valence-corrected chi connectivity index (χ0v) is 5.74. The molecule has 6 nitrogen and oxygen atoms in total. The maximum Gasteiger partial charge on any atom is 0.284 e. The van der Waals surface area contributed by atoms with Crippen LogP contribution in [0.4, 0.5) is 0 Å². The molecular weight excluding hydrogens is 150 g/mol. The summed E-state index contributed by atoms with van der Waals surface area (Å²) >= 11 is 0. The van der Waals surface area contributed by atoms with Crippen molar-refractivity contribution in [1.82, 2.24) is 5.32 Å². The van der Waals surface area contributed by atoms with Gasteiger partial charge in [-0.1, -0.05) is 0 Å². The average molecular weight is 159 g/mol. The zero-order valence-electron chi connectivity index (χ0n) is 5.74. The first-order chi connectivity index (χ1) is 5.07. The van der Waals surface area contributed by atoms with Gasteiger partial charge in [0.05, 0.1) is 0 Å². The lowest BCUT2D eigenvalue weighted by atomic mass is 10.3. The minimum Gasteiger partial charge on any atom is -0.368 e. The van der Waals surface area contributed by atoms with Crippen LogP contribution in [0.3, 0.4) is 0 Å². The van der Waals surface area contributed by atoms with E-state index >= 15 is 0 Å².